The molecular weight excluding hydrogens is 196 g/mol. The number of rotatable bonds is 1. The molecule has 1 nitrogen and oxygen atoms in total. The molecule has 0 unspecified atom stereocenters. The van der Waals surface area contributed by atoms with Gasteiger partial charge in [0.15, 0.2) is 5.82 Å². The van der Waals surface area contributed by atoms with E-state index < -0.39 is 5.82 Å². The Balaban J connectivity index is 2.54. The van der Waals surface area contributed by atoms with Crippen molar-refractivity contribution in [2.45, 2.75) is 0 Å². The average molecular weight is 205 g/mol. The highest BCUT2D eigenvalue weighted by Crippen LogP contribution is 2.25. The van der Waals surface area contributed by atoms with Gasteiger partial charge in [0.1, 0.15) is 5.82 Å². The van der Waals surface area contributed by atoms with Crippen molar-refractivity contribution in [3.63, 3.8) is 0 Å². The third-order valence-corrected chi connectivity index (χ3v) is 2.18. The van der Waals surface area contributed by atoms with Crippen molar-refractivity contribution in [2.24, 2.45) is 0 Å². The van der Waals surface area contributed by atoms with Crippen LogP contribution in [0.5, 0.6) is 0 Å². The number of anilines is 1. The van der Waals surface area contributed by atoms with E-state index in [9.17, 15) is 8.78 Å². The van der Waals surface area contributed by atoms with Crippen LogP contribution in [0, 0.1) is 11.6 Å². The van der Waals surface area contributed by atoms with Gasteiger partial charge in [-0.3, -0.25) is 0 Å². The van der Waals surface area contributed by atoms with E-state index in [1.165, 1.54) is 30.3 Å². The highest BCUT2D eigenvalue weighted by molar-refractivity contribution is 5.68. The van der Waals surface area contributed by atoms with Crippen LogP contribution in [-0.4, -0.2) is 0 Å². The van der Waals surface area contributed by atoms with Gasteiger partial charge in [-0.15, -0.1) is 0 Å². The Bertz CT molecular complexity index is 477. The molecule has 0 fully saturated rings. The molecule has 0 aliphatic carbocycles. The highest BCUT2D eigenvalue weighted by atomic mass is 19.1. The summed E-state index contributed by atoms with van der Waals surface area (Å²) < 4.78 is 26.2. The Morgan fingerprint density at radius 3 is 2.20 bits per heavy atom. The summed E-state index contributed by atoms with van der Waals surface area (Å²) in [5, 5.41) is 0. The molecule has 0 radical (unpaired) electrons. The van der Waals surface area contributed by atoms with Gasteiger partial charge in [-0.1, -0.05) is 24.3 Å². The van der Waals surface area contributed by atoms with Gasteiger partial charge in [0.25, 0.3) is 0 Å². The lowest BCUT2D eigenvalue weighted by Gasteiger charge is -2.05. The van der Waals surface area contributed by atoms with Gasteiger partial charge >= 0.3 is 0 Å². The third-order valence-electron chi connectivity index (χ3n) is 2.18. The Kier molecular flexibility index (Phi) is 2.37. The molecule has 0 heterocycles. The largest absolute Gasteiger partial charge is 0.396 e. The molecular formula is C12H9F2N. The predicted octanol–water partition coefficient (Wildman–Crippen LogP) is 3.21. The van der Waals surface area contributed by atoms with Crippen LogP contribution in [0.1, 0.15) is 0 Å². The molecule has 0 amide bonds. The van der Waals surface area contributed by atoms with Crippen LogP contribution >= 0.6 is 0 Å². The molecule has 2 rings (SSSR count). The van der Waals surface area contributed by atoms with Crippen LogP contribution in [-0.2, 0) is 0 Å². The molecule has 15 heavy (non-hydrogen) atoms. The minimum absolute atomic E-state index is 0.0943. The van der Waals surface area contributed by atoms with Gasteiger partial charge in [0, 0.05) is 5.56 Å². The number of nitrogen functional groups attached to an aromatic ring is 1. The van der Waals surface area contributed by atoms with Crippen molar-refractivity contribution in [3.8, 4) is 11.1 Å². The zero-order valence-corrected chi connectivity index (χ0v) is 7.87. The van der Waals surface area contributed by atoms with Crippen molar-refractivity contribution >= 4 is 5.69 Å². The first kappa shape index (κ1) is 9.65. The topological polar surface area (TPSA) is 26.0 Å². The zero-order chi connectivity index (χ0) is 10.8. The summed E-state index contributed by atoms with van der Waals surface area (Å²) in [6.07, 6.45) is 0. The van der Waals surface area contributed by atoms with Crippen LogP contribution in [0.4, 0.5) is 14.5 Å². The number of hydrogen-bond donors (Lipinski definition) is 1. The molecule has 0 aliphatic heterocycles. The summed E-state index contributed by atoms with van der Waals surface area (Å²) in [5.41, 5.74) is 6.53. The van der Waals surface area contributed by atoms with E-state index in [4.69, 9.17) is 5.73 Å². The van der Waals surface area contributed by atoms with Crippen LogP contribution in [0.2, 0.25) is 0 Å². The van der Waals surface area contributed by atoms with Crippen molar-refractivity contribution in [1.82, 2.24) is 0 Å². The summed E-state index contributed by atoms with van der Waals surface area (Å²) >= 11 is 0. The highest BCUT2D eigenvalue weighted by Gasteiger charge is 2.07. The van der Waals surface area contributed by atoms with E-state index in [-0.39, 0.29) is 11.5 Å². The summed E-state index contributed by atoms with van der Waals surface area (Å²) in [7, 11) is 0. The molecule has 2 aromatic carbocycles. The summed E-state index contributed by atoms with van der Waals surface area (Å²) in [6.45, 7) is 0. The predicted molar refractivity (Wildman–Crippen MR) is 56.2 cm³/mol. The van der Waals surface area contributed by atoms with Crippen LogP contribution < -0.4 is 5.73 Å². The van der Waals surface area contributed by atoms with E-state index in [1.54, 1.807) is 12.1 Å². The third kappa shape index (κ3) is 1.81. The average Bonchev–Trinajstić information content (AvgIpc) is 2.24. The lowest BCUT2D eigenvalue weighted by molar-refractivity contribution is 0.626. The summed E-state index contributed by atoms with van der Waals surface area (Å²) in [4.78, 5) is 0. The van der Waals surface area contributed by atoms with Gasteiger partial charge in [0.2, 0.25) is 0 Å². The first-order valence-electron chi connectivity index (χ1n) is 4.48. The fourth-order valence-electron chi connectivity index (χ4n) is 1.40. The number of hydrogen-bond acceptors (Lipinski definition) is 1. The van der Waals surface area contributed by atoms with Crippen LogP contribution in [0.25, 0.3) is 11.1 Å². The fraction of sp³-hybridized carbons (Fsp3) is 0. The second kappa shape index (κ2) is 3.69. The first-order chi connectivity index (χ1) is 7.18. The van der Waals surface area contributed by atoms with Gasteiger partial charge < -0.3 is 5.73 Å². The quantitative estimate of drug-likeness (QED) is 0.711. The standard InChI is InChI=1S/C12H9F2N/c13-9-6-4-8(5-7-9)10-2-1-3-11(15)12(10)14/h1-7H,15H2. The lowest BCUT2D eigenvalue weighted by Crippen LogP contribution is -1.92. The fourth-order valence-corrected chi connectivity index (χ4v) is 1.40. The second-order valence-corrected chi connectivity index (χ2v) is 3.22. The van der Waals surface area contributed by atoms with E-state index in [0.717, 1.165) is 0 Å². The Hall–Kier alpha value is -1.90. The Labute approximate surface area is 86.2 Å². The van der Waals surface area contributed by atoms with Gasteiger partial charge in [-0.05, 0) is 23.8 Å². The number of halogens is 2. The molecule has 2 N–H and O–H groups in total. The van der Waals surface area contributed by atoms with Crippen molar-refractivity contribution in [1.29, 1.82) is 0 Å². The molecule has 0 saturated heterocycles. The number of nitrogens with two attached hydrogens (primary N) is 1. The maximum Gasteiger partial charge on any atom is 0.153 e. The molecule has 0 aromatic heterocycles. The zero-order valence-electron chi connectivity index (χ0n) is 7.87. The van der Waals surface area contributed by atoms with E-state index in [1.807, 2.05) is 0 Å². The second-order valence-electron chi connectivity index (χ2n) is 3.22. The van der Waals surface area contributed by atoms with Crippen molar-refractivity contribution < 1.29 is 8.78 Å². The van der Waals surface area contributed by atoms with Crippen LogP contribution in [0.15, 0.2) is 42.5 Å². The van der Waals surface area contributed by atoms with Gasteiger partial charge in [-0.25, -0.2) is 8.78 Å². The van der Waals surface area contributed by atoms with E-state index in [0.29, 0.717) is 11.1 Å². The summed E-state index contributed by atoms with van der Waals surface area (Å²) in [5.74, 6) is -0.813. The molecule has 2 aromatic rings. The molecule has 0 spiro atoms. The maximum absolute atomic E-state index is 13.6. The maximum atomic E-state index is 13.6. The van der Waals surface area contributed by atoms with Crippen molar-refractivity contribution in [2.75, 3.05) is 5.73 Å². The van der Waals surface area contributed by atoms with Gasteiger partial charge in [0.05, 0.1) is 5.69 Å². The minimum Gasteiger partial charge on any atom is -0.396 e. The molecule has 0 saturated carbocycles. The lowest BCUT2D eigenvalue weighted by atomic mass is 10.0. The van der Waals surface area contributed by atoms with E-state index >= 15 is 0 Å². The molecule has 0 atom stereocenters. The summed E-state index contributed by atoms with van der Waals surface area (Å²) in [6, 6.07) is 10.4. The van der Waals surface area contributed by atoms with Gasteiger partial charge in [-0.2, -0.15) is 0 Å². The van der Waals surface area contributed by atoms with Crippen LogP contribution in [0.3, 0.4) is 0 Å². The molecule has 0 bridgehead atoms. The monoisotopic (exact) mass is 205 g/mol. The van der Waals surface area contributed by atoms with E-state index in [2.05, 4.69) is 0 Å². The first-order valence-corrected chi connectivity index (χ1v) is 4.48. The Morgan fingerprint density at radius 2 is 1.53 bits per heavy atom. The molecule has 76 valence electrons. The Morgan fingerprint density at radius 1 is 0.867 bits per heavy atom. The molecule has 3 heteroatoms. The smallest absolute Gasteiger partial charge is 0.153 e. The molecule has 0 aliphatic rings. The SMILES string of the molecule is Nc1cccc(-c2ccc(F)cc2)c1F. The van der Waals surface area contributed by atoms with Crippen molar-refractivity contribution in [3.05, 3.63) is 54.1 Å². The normalized spacial score (nSPS) is 10.3. The number of benzene rings is 2. The minimum atomic E-state index is -0.468.